The Bertz CT molecular complexity index is 1120. The van der Waals surface area contributed by atoms with Gasteiger partial charge in [0.15, 0.2) is 0 Å². The number of pyridine rings is 1. The van der Waals surface area contributed by atoms with Gasteiger partial charge >= 0.3 is 0 Å². The molecule has 5 heteroatoms. The first kappa shape index (κ1) is 21.2. The molecule has 0 spiro atoms. The summed E-state index contributed by atoms with van der Waals surface area (Å²) in [7, 11) is 0. The number of piperidine rings is 1. The van der Waals surface area contributed by atoms with Gasteiger partial charge in [0.05, 0.1) is 5.60 Å². The SMILES string of the molecule is OC1(c2ccc(Cl)cc2)CCN(CCC=C2Oc3ccccc3Cc3cccnc32)CC1. The fraction of sp³-hybridized carbons (Fsp3) is 0.296. The van der Waals surface area contributed by atoms with Crippen LogP contribution in [0.1, 0.15) is 41.6 Å². The lowest BCUT2D eigenvalue weighted by atomic mass is 9.84. The molecule has 1 N–H and O–H groups in total. The van der Waals surface area contributed by atoms with Crippen LogP contribution >= 0.6 is 11.6 Å². The number of nitrogens with zero attached hydrogens (tertiary/aromatic N) is 2. The first-order valence-electron chi connectivity index (χ1n) is 11.2. The van der Waals surface area contributed by atoms with Crippen LogP contribution in [0.4, 0.5) is 0 Å². The van der Waals surface area contributed by atoms with Gasteiger partial charge in [0, 0.05) is 37.3 Å². The summed E-state index contributed by atoms with van der Waals surface area (Å²) in [4.78, 5) is 7.03. The standard InChI is InChI=1S/C27H27ClN2O2/c28-23-11-9-22(10-12-23)27(31)13-17-30(18-14-27)16-4-8-25-26-21(6-3-15-29-26)19-20-5-1-2-7-24(20)32-25/h1-3,5-12,15,31H,4,13-14,16-19H2. The van der Waals surface area contributed by atoms with Crippen molar-refractivity contribution in [3.8, 4) is 5.75 Å². The molecule has 0 aliphatic carbocycles. The molecule has 2 aromatic carbocycles. The van der Waals surface area contributed by atoms with E-state index >= 15 is 0 Å². The summed E-state index contributed by atoms with van der Waals surface area (Å²) in [6, 6.07) is 19.9. The van der Waals surface area contributed by atoms with Crippen molar-refractivity contribution in [1.82, 2.24) is 9.88 Å². The Kier molecular flexibility index (Phi) is 6.01. The minimum absolute atomic E-state index is 0.697. The molecule has 1 fully saturated rings. The van der Waals surface area contributed by atoms with E-state index in [1.54, 1.807) is 0 Å². The lowest BCUT2D eigenvalue weighted by molar-refractivity contribution is -0.0254. The minimum Gasteiger partial charge on any atom is -0.455 e. The van der Waals surface area contributed by atoms with Gasteiger partial charge < -0.3 is 14.7 Å². The van der Waals surface area contributed by atoms with Crippen molar-refractivity contribution < 1.29 is 9.84 Å². The molecule has 2 aliphatic rings. The lowest BCUT2D eigenvalue weighted by Gasteiger charge is -2.38. The van der Waals surface area contributed by atoms with Crippen molar-refractivity contribution in [2.45, 2.75) is 31.3 Å². The van der Waals surface area contributed by atoms with Gasteiger partial charge in [-0.2, -0.15) is 0 Å². The van der Waals surface area contributed by atoms with E-state index in [1.807, 2.05) is 48.7 Å². The van der Waals surface area contributed by atoms with Crippen molar-refractivity contribution >= 4 is 17.4 Å². The van der Waals surface area contributed by atoms with Crippen molar-refractivity contribution in [1.29, 1.82) is 0 Å². The number of benzene rings is 2. The summed E-state index contributed by atoms with van der Waals surface area (Å²) in [5.74, 6) is 1.74. The maximum absolute atomic E-state index is 11.1. The zero-order valence-corrected chi connectivity index (χ0v) is 18.8. The normalized spacial score (nSPS) is 19.0. The zero-order chi connectivity index (χ0) is 22.0. The number of hydrogen-bond donors (Lipinski definition) is 1. The van der Waals surface area contributed by atoms with Crippen LogP contribution in [-0.4, -0.2) is 34.6 Å². The molecule has 1 aromatic heterocycles. The summed E-state index contributed by atoms with van der Waals surface area (Å²) >= 11 is 6.00. The van der Waals surface area contributed by atoms with Gasteiger partial charge in [-0.1, -0.05) is 48.0 Å². The second-order valence-electron chi connectivity index (χ2n) is 8.63. The quantitative estimate of drug-likeness (QED) is 0.580. The molecule has 0 unspecified atom stereocenters. The molecular weight excluding hydrogens is 420 g/mol. The number of rotatable bonds is 4. The second kappa shape index (κ2) is 9.07. The number of fused-ring (bicyclic) bond motifs is 2. The van der Waals surface area contributed by atoms with Crippen LogP contribution in [0.2, 0.25) is 5.02 Å². The molecule has 164 valence electrons. The van der Waals surface area contributed by atoms with Crippen LogP contribution in [0.5, 0.6) is 5.75 Å². The van der Waals surface area contributed by atoms with Crippen LogP contribution in [0.25, 0.3) is 5.76 Å². The van der Waals surface area contributed by atoms with Gasteiger partial charge in [0.2, 0.25) is 0 Å². The van der Waals surface area contributed by atoms with E-state index in [4.69, 9.17) is 16.3 Å². The highest BCUT2D eigenvalue weighted by molar-refractivity contribution is 6.30. The number of para-hydroxylation sites is 1. The summed E-state index contributed by atoms with van der Waals surface area (Å²) in [6.07, 6.45) is 7.13. The number of halogens is 1. The third kappa shape index (κ3) is 4.44. The van der Waals surface area contributed by atoms with Crippen LogP contribution in [-0.2, 0) is 12.0 Å². The van der Waals surface area contributed by atoms with Crippen LogP contribution in [0, 0.1) is 0 Å². The van der Waals surface area contributed by atoms with Crippen molar-refractivity contribution in [3.63, 3.8) is 0 Å². The zero-order valence-electron chi connectivity index (χ0n) is 18.0. The van der Waals surface area contributed by atoms with E-state index in [-0.39, 0.29) is 0 Å². The monoisotopic (exact) mass is 446 g/mol. The summed E-state index contributed by atoms with van der Waals surface area (Å²) in [6.45, 7) is 2.65. The maximum atomic E-state index is 11.1. The molecule has 3 aromatic rings. The first-order valence-corrected chi connectivity index (χ1v) is 11.6. The third-order valence-electron chi connectivity index (χ3n) is 6.54. The van der Waals surface area contributed by atoms with E-state index in [0.717, 1.165) is 68.1 Å². The van der Waals surface area contributed by atoms with Gasteiger partial charge in [-0.3, -0.25) is 4.98 Å². The third-order valence-corrected chi connectivity index (χ3v) is 6.79. The number of aromatic nitrogens is 1. The number of likely N-dealkylation sites (tertiary alicyclic amines) is 1. The number of ether oxygens (including phenoxy) is 1. The number of hydrogen-bond acceptors (Lipinski definition) is 4. The smallest absolute Gasteiger partial charge is 0.149 e. The molecule has 2 aliphatic heterocycles. The number of aliphatic hydroxyl groups is 1. The van der Waals surface area contributed by atoms with E-state index < -0.39 is 5.60 Å². The summed E-state index contributed by atoms with van der Waals surface area (Å²) in [5, 5.41) is 11.8. The molecule has 32 heavy (non-hydrogen) atoms. The molecule has 0 radical (unpaired) electrons. The van der Waals surface area contributed by atoms with Crippen LogP contribution in [0.3, 0.4) is 0 Å². The second-order valence-corrected chi connectivity index (χ2v) is 9.07. The van der Waals surface area contributed by atoms with Gasteiger partial charge in [0.1, 0.15) is 17.2 Å². The van der Waals surface area contributed by atoms with E-state index in [9.17, 15) is 5.11 Å². The minimum atomic E-state index is -0.767. The molecule has 0 atom stereocenters. The topological polar surface area (TPSA) is 45.6 Å². The Morgan fingerprint density at radius 1 is 1.00 bits per heavy atom. The Balaban J connectivity index is 1.25. The molecule has 0 saturated carbocycles. The molecule has 0 amide bonds. The predicted octanol–water partition coefficient (Wildman–Crippen LogP) is 5.43. The Labute approximate surface area is 194 Å². The highest BCUT2D eigenvalue weighted by atomic mass is 35.5. The van der Waals surface area contributed by atoms with Gasteiger partial charge in [0.25, 0.3) is 0 Å². The predicted molar refractivity (Wildman–Crippen MR) is 128 cm³/mol. The van der Waals surface area contributed by atoms with Crippen molar-refractivity contribution in [2.75, 3.05) is 19.6 Å². The molecule has 1 saturated heterocycles. The van der Waals surface area contributed by atoms with Crippen molar-refractivity contribution in [2.24, 2.45) is 0 Å². The van der Waals surface area contributed by atoms with Gasteiger partial charge in [-0.25, -0.2) is 0 Å². The van der Waals surface area contributed by atoms with Crippen LogP contribution in [0.15, 0.2) is 72.9 Å². The highest BCUT2D eigenvalue weighted by Crippen LogP contribution is 2.34. The summed E-state index contributed by atoms with van der Waals surface area (Å²) < 4.78 is 6.30. The Morgan fingerprint density at radius 2 is 1.75 bits per heavy atom. The average molecular weight is 447 g/mol. The van der Waals surface area contributed by atoms with Gasteiger partial charge in [-0.05, 0) is 66.3 Å². The fourth-order valence-electron chi connectivity index (χ4n) is 4.64. The van der Waals surface area contributed by atoms with E-state index in [0.29, 0.717) is 5.02 Å². The molecule has 0 bridgehead atoms. The average Bonchev–Trinajstić information content (AvgIpc) is 2.97. The van der Waals surface area contributed by atoms with Gasteiger partial charge in [-0.15, -0.1) is 0 Å². The molecular formula is C27H27ClN2O2. The highest BCUT2D eigenvalue weighted by Gasteiger charge is 2.33. The largest absolute Gasteiger partial charge is 0.455 e. The fourth-order valence-corrected chi connectivity index (χ4v) is 4.76. The van der Waals surface area contributed by atoms with Crippen LogP contribution < -0.4 is 4.74 Å². The van der Waals surface area contributed by atoms with E-state index in [2.05, 4.69) is 34.2 Å². The maximum Gasteiger partial charge on any atom is 0.149 e. The summed E-state index contributed by atoms with van der Waals surface area (Å²) in [5.41, 5.74) is 3.49. The lowest BCUT2D eigenvalue weighted by Crippen LogP contribution is -2.42. The van der Waals surface area contributed by atoms with Crippen molar-refractivity contribution in [3.05, 3.63) is 100 Å². The molecule has 4 nitrogen and oxygen atoms in total. The molecule has 3 heterocycles. The molecule has 5 rings (SSSR count). The first-order chi connectivity index (χ1) is 15.6. The van der Waals surface area contributed by atoms with E-state index in [1.165, 1.54) is 11.1 Å². The Morgan fingerprint density at radius 3 is 2.56 bits per heavy atom. The Hall–Kier alpha value is -2.66.